The third-order valence-corrected chi connectivity index (χ3v) is 6.63. The van der Waals surface area contributed by atoms with Gasteiger partial charge in [-0.15, -0.1) is 0 Å². The van der Waals surface area contributed by atoms with Gasteiger partial charge in [0.2, 0.25) is 0 Å². The second kappa shape index (κ2) is 7.75. The number of nitrogens with one attached hydrogen (secondary N) is 1. The van der Waals surface area contributed by atoms with E-state index in [1.165, 1.54) is 17.9 Å². The SMILES string of the molecule is CCN(C(=O)[C@@H](C)OC(=O)c1cc2ccccc2c(=O)[nH]1)[C@@H]1CCS(=O)(=O)C1. The molecule has 0 bridgehead atoms. The van der Waals surface area contributed by atoms with Gasteiger partial charge in [0.1, 0.15) is 5.69 Å². The molecule has 0 aliphatic carbocycles. The molecule has 150 valence electrons. The van der Waals surface area contributed by atoms with Crippen molar-refractivity contribution in [3.05, 3.63) is 46.4 Å². The molecule has 1 saturated heterocycles. The lowest BCUT2D eigenvalue weighted by Gasteiger charge is -2.29. The predicted octanol–water partition coefficient (Wildman–Crippen LogP) is 1.11. The number of H-pyrrole nitrogens is 1. The number of rotatable bonds is 5. The molecule has 28 heavy (non-hydrogen) atoms. The number of ether oxygens (including phenoxy) is 1. The normalized spacial score (nSPS) is 19.3. The molecular weight excluding hydrogens is 384 g/mol. The number of esters is 1. The zero-order valence-electron chi connectivity index (χ0n) is 15.7. The Bertz CT molecular complexity index is 1080. The molecule has 8 nitrogen and oxygen atoms in total. The van der Waals surface area contributed by atoms with Crippen molar-refractivity contribution in [2.24, 2.45) is 0 Å². The molecule has 1 aromatic heterocycles. The zero-order chi connectivity index (χ0) is 20.5. The summed E-state index contributed by atoms with van der Waals surface area (Å²) in [6.07, 6.45) is -0.730. The van der Waals surface area contributed by atoms with Crippen LogP contribution in [0.3, 0.4) is 0 Å². The molecule has 1 aromatic carbocycles. The van der Waals surface area contributed by atoms with Crippen LogP contribution in [0.15, 0.2) is 35.1 Å². The number of fused-ring (bicyclic) bond motifs is 1. The lowest BCUT2D eigenvalue weighted by Crippen LogP contribution is -2.46. The van der Waals surface area contributed by atoms with E-state index in [0.29, 0.717) is 23.7 Å². The highest BCUT2D eigenvalue weighted by Crippen LogP contribution is 2.19. The van der Waals surface area contributed by atoms with E-state index in [2.05, 4.69) is 4.98 Å². The Morgan fingerprint density at radius 3 is 2.68 bits per heavy atom. The summed E-state index contributed by atoms with van der Waals surface area (Å²) in [5.74, 6) is -1.31. The summed E-state index contributed by atoms with van der Waals surface area (Å²) in [4.78, 5) is 41.2. The van der Waals surface area contributed by atoms with Gasteiger partial charge in [-0.2, -0.15) is 0 Å². The van der Waals surface area contributed by atoms with E-state index in [4.69, 9.17) is 4.74 Å². The van der Waals surface area contributed by atoms with E-state index >= 15 is 0 Å². The lowest BCUT2D eigenvalue weighted by atomic mass is 10.1. The van der Waals surface area contributed by atoms with Gasteiger partial charge in [0.15, 0.2) is 15.9 Å². The third kappa shape index (κ3) is 4.09. The maximum atomic E-state index is 12.7. The summed E-state index contributed by atoms with van der Waals surface area (Å²) >= 11 is 0. The fourth-order valence-corrected chi connectivity index (χ4v) is 5.17. The van der Waals surface area contributed by atoms with Crippen molar-refractivity contribution in [1.29, 1.82) is 0 Å². The molecule has 1 aliphatic heterocycles. The largest absolute Gasteiger partial charge is 0.448 e. The summed E-state index contributed by atoms with van der Waals surface area (Å²) in [7, 11) is -3.14. The minimum Gasteiger partial charge on any atom is -0.448 e. The number of aromatic amines is 1. The Labute approximate surface area is 162 Å². The fraction of sp³-hybridized carbons (Fsp3) is 0.421. The molecule has 2 aromatic rings. The number of hydrogen-bond acceptors (Lipinski definition) is 6. The topological polar surface area (TPSA) is 114 Å². The molecule has 2 heterocycles. The number of amides is 1. The van der Waals surface area contributed by atoms with Crippen LogP contribution >= 0.6 is 0 Å². The van der Waals surface area contributed by atoms with Gasteiger partial charge in [-0.05, 0) is 37.8 Å². The van der Waals surface area contributed by atoms with E-state index in [1.807, 2.05) is 0 Å². The van der Waals surface area contributed by atoms with Crippen molar-refractivity contribution in [2.75, 3.05) is 18.1 Å². The van der Waals surface area contributed by atoms with E-state index < -0.39 is 39.4 Å². The Morgan fingerprint density at radius 1 is 1.32 bits per heavy atom. The first-order valence-corrected chi connectivity index (χ1v) is 10.9. The minimum absolute atomic E-state index is 0.0464. The highest BCUT2D eigenvalue weighted by atomic mass is 32.2. The summed E-state index contributed by atoms with van der Waals surface area (Å²) < 4.78 is 28.6. The molecular formula is C19H22N2O6S. The summed E-state index contributed by atoms with van der Waals surface area (Å²) in [6, 6.07) is 7.90. The van der Waals surface area contributed by atoms with Crippen LogP contribution < -0.4 is 5.56 Å². The van der Waals surface area contributed by atoms with Gasteiger partial charge in [0, 0.05) is 18.0 Å². The Balaban J connectivity index is 1.74. The van der Waals surface area contributed by atoms with Crippen LogP contribution in [-0.2, 0) is 19.4 Å². The summed E-state index contributed by atoms with van der Waals surface area (Å²) in [5.41, 5.74) is -0.467. The van der Waals surface area contributed by atoms with Crippen LogP contribution in [0.5, 0.6) is 0 Å². The Hall–Kier alpha value is -2.68. The van der Waals surface area contributed by atoms with Gasteiger partial charge in [-0.25, -0.2) is 13.2 Å². The number of carbonyl (C=O) groups excluding carboxylic acids is 2. The average molecular weight is 406 g/mol. The van der Waals surface area contributed by atoms with Crippen LogP contribution in [0.25, 0.3) is 10.8 Å². The first-order valence-electron chi connectivity index (χ1n) is 9.06. The average Bonchev–Trinajstić information content (AvgIpc) is 3.01. The van der Waals surface area contributed by atoms with Crippen LogP contribution in [0, 0.1) is 0 Å². The molecule has 0 radical (unpaired) electrons. The first-order chi connectivity index (χ1) is 13.2. The number of sulfone groups is 1. The van der Waals surface area contributed by atoms with Crippen molar-refractivity contribution < 1.29 is 22.7 Å². The van der Waals surface area contributed by atoms with Gasteiger partial charge in [-0.3, -0.25) is 9.59 Å². The van der Waals surface area contributed by atoms with Crippen LogP contribution in [0.1, 0.15) is 30.8 Å². The second-order valence-electron chi connectivity index (χ2n) is 6.83. The standard InChI is InChI=1S/C19H22N2O6S/c1-3-21(14-8-9-28(25,26)11-14)18(23)12(2)27-19(24)16-10-13-6-4-5-7-15(13)17(22)20-16/h4-7,10,12,14H,3,8-9,11H2,1-2H3,(H,20,22)/t12-,14-/m1/s1. The van der Waals surface area contributed by atoms with Gasteiger partial charge < -0.3 is 14.6 Å². The molecule has 1 fully saturated rings. The quantitative estimate of drug-likeness (QED) is 0.744. The van der Waals surface area contributed by atoms with Crippen molar-refractivity contribution in [2.45, 2.75) is 32.4 Å². The van der Waals surface area contributed by atoms with Crippen LogP contribution in [-0.4, -0.2) is 60.4 Å². The molecule has 0 spiro atoms. The fourth-order valence-electron chi connectivity index (χ4n) is 3.44. The van der Waals surface area contributed by atoms with Crippen molar-refractivity contribution >= 4 is 32.5 Å². The highest BCUT2D eigenvalue weighted by molar-refractivity contribution is 7.91. The monoisotopic (exact) mass is 406 g/mol. The number of hydrogen-bond donors (Lipinski definition) is 1. The van der Waals surface area contributed by atoms with E-state index in [0.717, 1.165) is 0 Å². The predicted molar refractivity (Wildman–Crippen MR) is 104 cm³/mol. The molecule has 0 unspecified atom stereocenters. The van der Waals surface area contributed by atoms with Crippen molar-refractivity contribution in [3.8, 4) is 0 Å². The second-order valence-corrected chi connectivity index (χ2v) is 9.06. The number of aromatic nitrogens is 1. The maximum Gasteiger partial charge on any atom is 0.355 e. The van der Waals surface area contributed by atoms with Gasteiger partial charge in [-0.1, -0.05) is 18.2 Å². The van der Waals surface area contributed by atoms with Crippen LogP contribution in [0.4, 0.5) is 0 Å². The molecule has 3 rings (SSSR count). The van der Waals surface area contributed by atoms with E-state index in [9.17, 15) is 22.8 Å². The number of benzene rings is 1. The smallest absolute Gasteiger partial charge is 0.355 e. The molecule has 1 amide bonds. The van der Waals surface area contributed by atoms with Crippen molar-refractivity contribution in [3.63, 3.8) is 0 Å². The zero-order valence-corrected chi connectivity index (χ0v) is 16.5. The Morgan fingerprint density at radius 2 is 2.04 bits per heavy atom. The van der Waals surface area contributed by atoms with Crippen molar-refractivity contribution in [1.82, 2.24) is 9.88 Å². The highest BCUT2D eigenvalue weighted by Gasteiger charge is 2.36. The third-order valence-electron chi connectivity index (χ3n) is 4.88. The summed E-state index contributed by atoms with van der Waals surface area (Å²) in [6.45, 7) is 3.50. The number of nitrogens with zero attached hydrogens (tertiary/aromatic N) is 1. The number of carbonyl (C=O) groups is 2. The molecule has 1 aliphatic rings. The van der Waals surface area contributed by atoms with E-state index in [1.54, 1.807) is 31.2 Å². The van der Waals surface area contributed by atoms with Gasteiger partial charge >= 0.3 is 5.97 Å². The summed E-state index contributed by atoms with van der Waals surface area (Å²) in [5, 5.41) is 1.03. The lowest BCUT2D eigenvalue weighted by molar-refractivity contribution is -0.141. The Kier molecular flexibility index (Phi) is 5.55. The van der Waals surface area contributed by atoms with E-state index in [-0.39, 0.29) is 17.2 Å². The van der Waals surface area contributed by atoms with Gasteiger partial charge in [0.25, 0.3) is 11.5 Å². The van der Waals surface area contributed by atoms with Crippen LogP contribution in [0.2, 0.25) is 0 Å². The first kappa shape index (κ1) is 20.1. The molecule has 0 saturated carbocycles. The molecule has 1 N–H and O–H groups in total. The minimum atomic E-state index is -3.14. The molecule has 9 heteroatoms. The number of pyridine rings is 1. The number of likely N-dealkylation sites (N-methyl/N-ethyl adjacent to an activating group) is 1. The maximum absolute atomic E-state index is 12.7. The van der Waals surface area contributed by atoms with Gasteiger partial charge in [0.05, 0.1) is 11.5 Å². The molecule has 2 atom stereocenters.